The topological polar surface area (TPSA) is 43.1 Å². The molecule has 0 saturated heterocycles. The highest BCUT2D eigenvalue weighted by Crippen LogP contribution is 2.23. The van der Waals surface area contributed by atoms with E-state index in [1.54, 1.807) is 6.07 Å². The van der Waals surface area contributed by atoms with Crippen molar-refractivity contribution < 1.29 is 13.0 Å². The fourth-order valence-corrected chi connectivity index (χ4v) is 2.91. The Bertz CT molecular complexity index is 649. The quantitative estimate of drug-likeness (QED) is 0.882. The molecule has 0 fully saturated rings. The van der Waals surface area contributed by atoms with E-state index in [-0.39, 0.29) is 11.3 Å². The lowest BCUT2D eigenvalue weighted by Crippen LogP contribution is -2.00. The van der Waals surface area contributed by atoms with Gasteiger partial charge in [-0.25, -0.2) is 8.78 Å². The molecule has 2 nitrogen and oxygen atoms in total. The maximum absolute atomic E-state index is 13.4. The Morgan fingerprint density at radius 3 is 2.53 bits per heavy atom. The van der Waals surface area contributed by atoms with Crippen molar-refractivity contribution in [3.05, 3.63) is 58.6 Å². The standard InChI is InChI=1S/C13H10ClF2NOS/c14-11-6-10(3-4-13(11)17)19(18)7-8-1-2-9(15)5-12(8)16/h1-6H,7,17H2. The molecule has 2 N–H and O–H groups in total. The van der Waals surface area contributed by atoms with Gasteiger partial charge in [-0.15, -0.1) is 0 Å². The summed E-state index contributed by atoms with van der Waals surface area (Å²) in [6.45, 7) is 0. The molecule has 2 aromatic rings. The largest absolute Gasteiger partial charge is 0.398 e. The van der Waals surface area contributed by atoms with Crippen LogP contribution in [0.15, 0.2) is 41.3 Å². The van der Waals surface area contributed by atoms with Crippen LogP contribution in [0.3, 0.4) is 0 Å². The first-order valence-electron chi connectivity index (χ1n) is 5.34. The average molecular weight is 302 g/mol. The minimum Gasteiger partial charge on any atom is -0.398 e. The first kappa shape index (κ1) is 14.0. The van der Waals surface area contributed by atoms with Crippen LogP contribution in [0.2, 0.25) is 5.02 Å². The van der Waals surface area contributed by atoms with Gasteiger partial charge in [0, 0.05) is 16.5 Å². The van der Waals surface area contributed by atoms with Crippen LogP contribution in [-0.4, -0.2) is 4.21 Å². The molecule has 0 saturated carbocycles. The molecule has 0 aliphatic rings. The van der Waals surface area contributed by atoms with Crippen LogP contribution in [-0.2, 0) is 16.6 Å². The highest BCUT2D eigenvalue weighted by molar-refractivity contribution is 7.84. The van der Waals surface area contributed by atoms with E-state index in [0.717, 1.165) is 12.1 Å². The normalized spacial score (nSPS) is 12.4. The zero-order valence-corrected chi connectivity index (χ0v) is 11.3. The van der Waals surface area contributed by atoms with Gasteiger partial charge in [0.05, 0.1) is 27.3 Å². The maximum Gasteiger partial charge on any atom is 0.130 e. The number of hydrogen-bond donors (Lipinski definition) is 1. The van der Waals surface area contributed by atoms with Gasteiger partial charge >= 0.3 is 0 Å². The van der Waals surface area contributed by atoms with E-state index >= 15 is 0 Å². The fourth-order valence-electron chi connectivity index (χ4n) is 1.51. The Balaban J connectivity index is 2.23. The molecule has 2 aromatic carbocycles. The van der Waals surface area contributed by atoms with Crippen molar-refractivity contribution in [2.75, 3.05) is 5.73 Å². The van der Waals surface area contributed by atoms with E-state index in [9.17, 15) is 13.0 Å². The molecule has 0 heterocycles. The minimum absolute atomic E-state index is 0.0492. The molecule has 0 bridgehead atoms. The molecule has 0 aliphatic heterocycles. The molecule has 100 valence electrons. The Hall–Kier alpha value is -1.46. The van der Waals surface area contributed by atoms with Gasteiger partial charge < -0.3 is 5.73 Å². The van der Waals surface area contributed by atoms with Crippen LogP contribution >= 0.6 is 11.6 Å². The van der Waals surface area contributed by atoms with Crippen LogP contribution in [0.25, 0.3) is 0 Å². The number of anilines is 1. The summed E-state index contributed by atoms with van der Waals surface area (Å²) < 4.78 is 38.3. The maximum atomic E-state index is 13.4. The van der Waals surface area contributed by atoms with Gasteiger partial charge in [0.1, 0.15) is 11.6 Å². The number of hydrogen-bond acceptors (Lipinski definition) is 2. The fraction of sp³-hybridized carbons (Fsp3) is 0.0769. The number of halogens is 3. The summed E-state index contributed by atoms with van der Waals surface area (Å²) in [5.41, 5.74) is 6.12. The van der Waals surface area contributed by atoms with Crippen molar-refractivity contribution in [2.45, 2.75) is 10.6 Å². The van der Waals surface area contributed by atoms with Crippen molar-refractivity contribution in [1.29, 1.82) is 0 Å². The Morgan fingerprint density at radius 2 is 1.89 bits per heavy atom. The lowest BCUT2D eigenvalue weighted by atomic mass is 10.2. The molecule has 0 amide bonds. The van der Waals surface area contributed by atoms with Crippen LogP contribution in [0, 0.1) is 11.6 Å². The second kappa shape index (κ2) is 5.67. The zero-order valence-electron chi connectivity index (χ0n) is 9.70. The van der Waals surface area contributed by atoms with Crippen LogP contribution in [0.1, 0.15) is 5.56 Å². The summed E-state index contributed by atoms with van der Waals surface area (Å²) in [6, 6.07) is 7.76. The van der Waals surface area contributed by atoms with Crippen molar-refractivity contribution in [3.8, 4) is 0 Å². The highest BCUT2D eigenvalue weighted by atomic mass is 35.5. The minimum atomic E-state index is -1.47. The highest BCUT2D eigenvalue weighted by Gasteiger charge is 2.11. The van der Waals surface area contributed by atoms with Gasteiger partial charge in [0.15, 0.2) is 0 Å². The lowest BCUT2D eigenvalue weighted by molar-refractivity contribution is 0.576. The van der Waals surface area contributed by atoms with Gasteiger partial charge in [-0.1, -0.05) is 17.7 Å². The third-order valence-electron chi connectivity index (χ3n) is 2.54. The molecule has 0 radical (unpaired) electrons. The molecule has 2 rings (SSSR count). The van der Waals surface area contributed by atoms with E-state index < -0.39 is 22.4 Å². The van der Waals surface area contributed by atoms with Crippen molar-refractivity contribution in [3.63, 3.8) is 0 Å². The predicted octanol–water partition coefficient (Wildman–Crippen LogP) is 3.51. The second-order valence-electron chi connectivity index (χ2n) is 3.91. The van der Waals surface area contributed by atoms with Gasteiger partial charge in [0.25, 0.3) is 0 Å². The van der Waals surface area contributed by atoms with E-state index in [4.69, 9.17) is 17.3 Å². The van der Waals surface area contributed by atoms with Gasteiger partial charge in [0.2, 0.25) is 0 Å². The zero-order chi connectivity index (χ0) is 14.0. The van der Waals surface area contributed by atoms with Crippen molar-refractivity contribution in [2.24, 2.45) is 0 Å². The molecule has 0 aliphatic carbocycles. The summed E-state index contributed by atoms with van der Waals surface area (Å²) in [5.74, 6) is -1.43. The molecule has 1 unspecified atom stereocenters. The lowest BCUT2D eigenvalue weighted by Gasteiger charge is -2.06. The molecular weight excluding hydrogens is 292 g/mol. The third-order valence-corrected chi connectivity index (χ3v) is 4.22. The number of rotatable bonds is 3. The number of benzene rings is 2. The van der Waals surface area contributed by atoms with Crippen molar-refractivity contribution >= 4 is 28.1 Å². The van der Waals surface area contributed by atoms with Gasteiger partial charge in [-0.2, -0.15) is 0 Å². The summed E-state index contributed by atoms with van der Waals surface area (Å²) in [6.07, 6.45) is 0. The van der Waals surface area contributed by atoms with E-state index in [1.807, 2.05) is 0 Å². The van der Waals surface area contributed by atoms with Crippen molar-refractivity contribution in [1.82, 2.24) is 0 Å². The first-order chi connectivity index (χ1) is 8.97. The predicted molar refractivity (Wildman–Crippen MR) is 72.3 cm³/mol. The smallest absolute Gasteiger partial charge is 0.130 e. The van der Waals surface area contributed by atoms with Crippen LogP contribution < -0.4 is 5.73 Å². The van der Waals surface area contributed by atoms with E-state index in [0.29, 0.717) is 15.6 Å². The van der Waals surface area contributed by atoms with E-state index in [1.165, 1.54) is 18.2 Å². The van der Waals surface area contributed by atoms with Gasteiger partial charge in [-0.3, -0.25) is 4.21 Å². The van der Waals surface area contributed by atoms with Gasteiger partial charge in [-0.05, 0) is 24.3 Å². The average Bonchev–Trinajstić information content (AvgIpc) is 2.36. The van der Waals surface area contributed by atoms with Crippen LogP contribution in [0.5, 0.6) is 0 Å². The molecule has 0 spiro atoms. The first-order valence-corrected chi connectivity index (χ1v) is 7.04. The molecular formula is C13H10ClF2NOS. The second-order valence-corrected chi connectivity index (χ2v) is 5.77. The van der Waals surface area contributed by atoms with Crippen LogP contribution in [0.4, 0.5) is 14.5 Å². The molecule has 0 aromatic heterocycles. The third kappa shape index (κ3) is 3.30. The molecule has 6 heteroatoms. The number of nitrogen functional groups attached to an aromatic ring is 1. The van der Waals surface area contributed by atoms with E-state index in [2.05, 4.69) is 0 Å². The monoisotopic (exact) mass is 301 g/mol. The summed E-state index contributed by atoms with van der Waals surface area (Å²) in [4.78, 5) is 0.447. The SMILES string of the molecule is Nc1ccc(S(=O)Cc2ccc(F)cc2F)cc1Cl. The Kier molecular flexibility index (Phi) is 4.17. The molecule has 19 heavy (non-hydrogen) atoms. The Morgan fingerprint density at radius 1 is 1.16 bits per heavy atom. The summed E-state index contributed by atoms with van der Waals surface area (Å²) in [5, 5.41) is 0.297. The molecule has 1 atom stereocenters. The summed E-state index contributed by atoms with van der Waals surface area (Å²) in [7, 11) is -1.47. The summed E-state index contributed by atoms with van der Waals surface area (Å²) >= 11 is 5.83. The Labute approximate surface area is 116 Å². The number of nitrogens with two attached hydrogens (primary N) is 1.